The van der Waals surface area contributed by atoms with Crippen molar-refractivity contribution in [1.29, 1.82) is 0 Å². The third-order valence-electron chi connectivity index (χ3n) is 2.36. The van der Waals surface area contributed by atoms with Crippen LogP contribution in [0, 0.1) is 6.92 Å². The highest BCUT2D eigenvalue weighted by atomic mass is 32.2. The summed E-state index contributed by atoms with van der Waals surface area (Å²) in [4.78, 5) is 4.90. The normalized spacial score (nSPS) is 11.8. The van der Waals surface area contributed by atoms with Gasteiger partial charge in [-0.3, -0.25) is 4.98 Å². The van der Waals surface area contributed by atoms with E-state index in [2.05, 4.69) is 20.3 Å². The van der Waals surface area contributed by atoms with Crippen LogP contribution in [0.15, 0.2) is 33.5 Å². The maximum absolute atomic E-state index is 8.61. The monoisotopic (exact) mass is 264 g/mol. The van der Waals surface area contributed by atoms with Crippen LogP contribution in [0.2, 0.25) is 0 Å². The first-order valence-electron chi connectivity index (χ1n) is 5.09. The van der Waals surface area contributed by atoms with Crippen LogP contribution >= 0.6 is 11.8 Å². The van der Waals surface area contributed by atoms with E-state index < -0.39 is 0 Å². The predicted molar refractivity (Wildman–Crippen MR) is 66.6 cm³/mol. The molecule has 18 heavy (non-hydrogen) atoms. The molecule has 0 amide bonds. The van der Waals surface area contributed by atoms with E-state index in [9.17, 15) is 0 Å². The third-order valence-corrected chi connectivity index (χ3v) is 3.39. The first-order chi connectivity index (χ1) is 8.61. The predicted octanol–water partition coefficient (Wildman–Crippen LogP) is 0.764. The molecule has 3 N–H and O–H groups in total. The van der Waals surface area contributed by atoms with Crippen molar-refractivity contribution in [1.82, 2.24) is 19.7 Å². The van der Waals surface area contributed by atoms with Crippen LogP contribution < -0.4 is 5.73 Å². The number of nitrogens with zero attached hydrogens (tertiary/aromatic N) is 5. The highest BCUT2D eigenvalue weighted by Crippen LogP contribution is 2.25. The van der Waals surface area contributed by atoms with Gasteiger partial charge in [-0.05, 0) is 30.8 Å². The van der Waals surface area contributed by atoms with Crippen molar-refractivity contribution < 1.29 is 5.21 Å². The zero-order valence-corrected chi connectivity index (χ0v) is 10.7. The zero-order chi connectivity index (χ0) is 13.1. The average Bonchev–Trinajstić information content (AvgIpc) is 2.70. The van der Waals surface area contributed by atoms with Gasteiger partial charge in [-0.2, -0.15) is 0 Å². The number of amidine groups is 1. The van der Waals surface area contributed by atoms with Gasteiger partial charge in [0.1, 0.15) is 11.5 Å². The molecule has 94 valence electrons. The lowest BCUT2D eigenvalue weighted by molar-refractivity contribution is 0.318. The van der Waals surface area contributed by atoms with Crippen molar-refractivity contribution in [2.75, 3.05) is 0 Å². The molecular formula is C10H12N6OS. The Balaban J connectivity index is 2.27. The highest BCUT2D eigenvalue weighted by Gasteiger charge is 2.08. The van der Waals surface area contributed by atoms with E-state index in [1.807, 2.05) is 24.6 Å². The Labute approximate surface area is 108 Å². The van der Waals surface area contributed by atoms with Gasteiger partial charge in [-0.25, -0.2) is 0 Å². The van der Waals surface area contributed by atoms with Gasteiger partial charge in [0, 0.05) is 18.1 Å². The molecule has 2 heterocycles. The number of aromatic nitrogens is 4. The fraction of sp³-hybridized carbons (Fsp3) is 0.200. The van der Waals surface area contributed by atoms with Crippen molar-refractivity contribution >= 4 is 17.6 Å². The number of pyridine rings is 1. The van der Waals surface area contributed by atoms with Crippen LogP contribution in [0.1, 0.15) is 11.5 Å². The minimum Gasteiger partial charge on any atom is -0.409 e. The van der Waals surface area contributed by atoms with Crippen molar-refractivity contribution in [2.45, 2.75) is 17.0 Å². The van der Waals surface area contributed by atoms with Crippen LogP contribution in [0.4, 0.5) is 0 Å². The van der Waals surface area contributed by atoms with Crippen LogP contribution in [-0.4, -0.2) is 30.8 Å². The van der Waals surface area contributed by atoms with Crippen LogP contribution in [0.25, 0.3) is 0 Å². The van der Waals surface area contributed by atoms with Crippen LogP contribution in [0.3, 0.4) is 0 Å². The average molecular weight is 264 g/mol. The molecule has 0 radical (unpaired) electrons. The molecule has 0 bridgehead atoms. The molecule has 2 aromatic rings. The summed E-state index contributed by atoms with van der Waals surface area (Å²) in [6, 6.07) is 3.55. The Morgan fingerprint density at radius 2 is 2.28 bits per heavy atom. The number of rotatable bonds is 3. The van der Waals surface area contributed by atoms with Gasteiger partial charge in [-0.15, -0.1) is 10.2 Å². The first kappa shape index (κ1) is 12.4. The molecule has 2 aromatic heterocycles. The first-order valence-corrected chi connectivity index (χ1v) is 5.91. The van der Waals surface area contributed by atoms with E-state index in [-0.39, 0.29) is 5.84 Å². The van der Waals surface area contributed by atoms with E-state index in [1.165, 1.54) is 11.8 Å². The summed E-state index contributed by atoms with van der Waals surface area (Å²) in [5.74, 6) is 0.815. The summed E-state index contributed by atoms with van der Waals surface area (Å²) in [6.45, 7) is 1.88. The fourth-order valence-electron chi connectivity index (χ4n) is 1.25. The Bertz CT molecular complexity index is 594. The molecule has 0 aliphatic carbocycles. The molecule has 2 rings (SSSR count). The van der Waals surface area contributed by atoms with Crippen molar-refractivity contribution in [3.63, 3.8) is 0 Å². The minimum absolute atomic E-state index is 0.0217. The molecule has 8 heteroatoms. The van der Waals surface area contributed by atoms with Gasteiger partial charge in [0.2, 0.25) is 0 Å². The number of aryl methyl sites for hydroxylation is 1. The molecule has 0 atom stereocenters. The van der Waals surface area contributed by atoms with Crippen molar-refractivity contribution in [3.05, 3.63) is 29.8 Å². The second kappa shape index (κ2) is 5.05. The standard InChI is InChI=1S/C10H12N6OS/c1-6-13-14-10(16(6)2)18-7-3-4-12-8(5-7)9(11)15-17/h3-5,17H,1-2H3,(H2,11,15). The molecule has 0 aliphatic rings. The van der Waals surface area contributed by atoms with Gasteiger partial charge >= 0.3 is 0 Å². The summed E-state index contributed by atoms with van der Waals surface area (Å²) < 4.78 is 1.88. The topological polar surface area (TPSA) is 102 Å². The van der Waals surface area contributed by atoms with Crippen LogP contribution in [0.5, 0.6) is 0 Å². The lowest BCUT2D eigenvalue weighted by Gasteiger charge is -2.03. The Morgan fingerprint density at radius 3 is 2.89 bits per heavy atom. The Hall–Kier alpha value is -2.09. The lowest BCUT2D eigenvalue weighted by atomic mass is 10.3. The lowest BCUT2D eigenvalue weighted by Crippen LogP contribution is -2.14. The molecule has 0 unspecified atom stereocenters. The quantitative estimate of drug-likeness (QED) is 0.367. The van der Waals surface area contributed by atoms with Crippen molar-refractivity contribution in [3.8, 4) is 0 Å². The van der Waals surface area contributed by atoms with Crippen LogP contribution in [-0.2, 0) is 7.05 Å². The molecule has 0 aromatic carbocycles. The number of nitrogens with two attached hydrogens (primary N) is 1. The van der Waals surface area contributed by atoms with Gasteiger partial charge in [-0.1, -0.05) is 5.16 Å². The molecule has 0 fully saturated rings. The molecule has 0 spiro atoms. The molecule has 0 saturated heterocycles. The summed E-state index contributed by atoms with van der Waals surface area (Å²) in [6.07, 6.45) is 1.60. The SMILES string of the molecule is Cc1nnc(Sc2ccnc(C(N)=NO)c2)n1C. The fourth-order valence-corrected chi connectivity index (χ4v) is 2.11. The van der Waals surface area contributed by atoms with E-state index in [1.54, 1.807) is 12.3 Å². The Morgan fingerprint density at radius 1 is 1.50 bits per heavy atom. The van der Waals surface area contributed by atoms with Gasteiger partial charge in [0.25, 0.3) is 0 Å². The molecule has 0 saturated carbocycles. The third kappa shape index (κ3) is 2.43. The van der Waals surface area contributed by atoms with E-state index in [0.29, 0.717) is 5.69 Å². The number of oxime groups is 1. The summed E-state index contributed by atoms with van der Waals surface area (Å²) >= 11 is 1.43. The summed E-state index contributed by atoms with van der Waals surface area (Å²) in [7, 11) is 1.89. The second-order valence-electron chi connectivity index (χ2n) is 3.55. The maximum Gasteiger partial charge on any atom is 0.195 e. The summed E-state index contributed by atoms with van der Waals surface area (Å²) in [5.41, 5.74) is 5.90. The maximum atomic E-state index is 8.61. The Kier molecular flexibility index (Phi) is 3.47. The van der Waals surface area contributed by atoms with Crippen molar-refractivity contribution in [2.24, 2.45) is 17.9 Å². The molecule has 7 nitrogen and oxygen atoms in total. The number of hydrogen-bond acceptors (Lipinski definition) is 6. The second-order valence-corrected chi connectivity index (χ2v) is 4.59. The van der Waals surface area contributed by atoms with Gasteiger partial charge in [0.15, 0.2) is 11.0 Å². The van der Waals surface area contributed by atoms with E-state index in [4.69, 9.17) is 10.9 Å². The summed E-state index contributed by atoms with van der Waals surface area (Å²) in [5, 5.41) is 20.3. The smallest absolute Gasteiger partial charge is 0.195 e. The molecule has 0 aliphatic heterocycles. The van der Waals surface area contributed by atoms with Gasteiger partial charge < -0.3 is 15.5 Å². The highest BCUT2D eigenvalue weighted by molar-refractivity contribution is 7.99. The van der Waals surface area contributed by atoms with Gasteiger partial charge in [0.05, 0.1) is 0 Å². The minimum atomic E-state index is -0.0217. The number of hydrogen-bond donors (Lipinski definition) is 2. The van der Waals surface area contributed by atoms with E-state index in [0.717, 1.165) is 15.9 Å². The largest absolute Gasteiger partial charge is 0.409 e. The zero-order valence-electron chi connectivity index (χ0n) is 9.90. The van der Waals surface area contributed by atoms with E-state index >= 15 is 0 Å². The molecular weight excluding hydrogens is 252 g/mol.